The van der Waals surface area contributed by atoms with Crippen LogP contribution in [-0.2, 0) is 4.79 Å². The minimum atomic E-state index is -0.699. The van der Waals surface area contributed by atoms with Gasteiger partial charge in [-0.1, -0.05) is 19.3 Å². The molecule has 1 N–H and O–H groups in total. The zero-order chi connectivity index (χ0) is 10.7. The van der Waals surface area contributed by atoms with E-state index in [-0.39, 0.29) is 12.0 Å². The van der Waals surface area contributed by atoms with Crippen LogP contribution in [0.3, 0.4) is 0 Å². The lowest BCUT2D eigenvalue weighted by molar-refractivity contribution is -0.143. The maximum Gasteiger partial charge on any atom is 0.308 e. The number of carboxylic acid groups (broad SMARTS) is 1. The molecule has 0 radical (unpaired) electrons. The van der Waals surface area contributed by atoms with Gasteiger partial charge in [0.2, 0.25) is 0 Å². The van der Waals surface area contributed by atoms with E-state index < -0.39 is 5.97 Å². The highest BCUT2D eigenvalue weighted by molar-refractivity contribution is 5.70. The summed E-state index contributed by atoms with van der Waals surface area (Å²) in [6.07, 6.45) is 8.13. The van der Waals surface area contributed by atoms with Gasteiger partial charge in [0.1, 0.15) is 12.7 Å². The van der Waals surface area contributed by atoms with Gasteiger partial charge in [0, 0.05) is 6.04 Å². The third-order valence-corrected chi connectivity index (χ3v) is 3.12. The molecule has 1 saturated carbocycles. The Balaban J connectivity index is 2.20. The summed E-state index contributed by atoms with van der Waals surface area (Å²) in [7, 11) is 0. The van der Waals surface area contributed by atoms with Gasteiger partial charge in [-0.25, -0.2) is 0 Å². The molecule has 2 rings (SSSR count). The van der Waals surface area contributed by atoms with Crippen molar-refractivity contribution in [2.45, 2.75) is 38.1 Å². The summed E-state index contributed by atoms with van der Waals surface area (Å²) in [5.74, 6) is -0.987. The fraction of sp³-hybridized carbons (Fsp3) is 0.700. The Morgan fingerprint density at radius 3 is 2.53 bits per heavy atom. The number of carbonyl (C=O) groups is 1. The van der Waals surface area contributed by atoms with Crippen LogP contribution in [0.5, 0.6) is 0 Å². The molecule has 1 fully saturated rings. The molecule has 5 heteroatoms. The van der Waals surface area contributed by atoms with Crippen molar-refractivity contribution < 1.29 is 9.90 Å². The van der Waals surface area contributed by atoms with Crippen LogP contribution in [0.4, 0.5) is 0 Å². The van der Waals surface area contributed by atoms with Crippen LogP contribution in [0.25, 0.3) is 0 Å². The maximum atomic E-state index is 11.2. The summed E-state index contributed by atoms with van der Waals surface area (Å²) >= 11 is 0. The molecule has 0 saturated heterocycles. The largest absolute Gasteiger partial charge is 0.481 e. The summed E-state index contributed by atoms with van der Waals surface area (Å²) in [5, 5.41) is 16.7. The molecule has 0 aliphatic heterocycles. The van der Waals surface area contributed by atoms with E-state index in [2.05, 4.69) is 10.2 Å². The normalized spacial score (nSPS) is 27.2. The van der Waals surface area contributed by atoms with Gasteiger partial charge < -0.3 is 9.67 Å². The topological polar surface area (TPSA) is 68.0 Å². The predicted octanol–water partition coefficient (Wildman–Crippen LogP) is 1.48. The number of rotatable bonds is 2. The number of aromatic nitrogens is 3. The SMILES string of the molecule is O=C(O)C1CCCCCC1n1cnnc1. The van der Waals surface area contributed by atoms with Crippen molar-refractivity contribution in [2.75, 3.05) is 0 Å². The van der Waals surface area contributed by atoms with E-state index in [1.165, 1.54) is 0 Å². The molecule has 1 aromatic heterocycles. The van der Waals surface area contributed by atoms with Crippen LogP contribution in [0.15, 0.2) is 12.7 Å². The smallest absolute Gasteiger partial charge is 0.308 e. The van der Waals surface area contributed by atoms with E-state index in [1.54, 1.807) is 12.7 Å². The molecular weight excluding hydrogens is 194 g/mol. The van der Waals surface area contributed by atoms with Crippen LogP contribution in [0, 0.1) is 5.92 Å². The lowest BCUT2D eigenvalue weighted by Gasteiger charge is -2.21. The quantitative estimate of drug-likeness (QED) is 0.749. The third kappa shape index (κ3) is 2.16. The molecule has 0 amide bonds. The van der Waals surface area contributed by atoms with E-state index >= 15 is 0 Å². The van der Waals surface area contributed by atoms with E-state index in [0.29, 0.717) is 0 Å². The molecule has 0 spiro atoms. The highest BCUT2D eigenvalue weighted by Gasteiger charge is 2.30. The highest BCUT2D eigenvalue weighted by atomic mass is 16.4. The predicted molar refractivity (Wildman–Crippen MR) is 53.3 cm³/mol. The average Bonchev–Trinajstić information content (AvgIpc) is 2.61. The molecule has 0 aromatic carbocycles. The van der Waals surface area contributed by atoms with Gasteiger partial charge in [-0.2, -0.15) is 0 Å². The molecule has 2 atom stereocenters. The van der Waals surface area contributed by atoms with Gasteiger partial charge in [-0.05, 0) is 12.8 Å². The van der Waals surface area contributed by atoms with E-state index in [9.17, 15) is 9.90 Å². The maximum absolute atomic E-state index is 11.2. The molecule has 5 nitrogen and oxygen atoms in total. The van der Waals surface area contributed by atoms with Gasteiger partial charge in [-0.15, -0.1) is 10.2 Å². The minimum absolute atomic E-state index is 0.0278. The van der Waals surface area contributed by atoms with Crippen molar-refractivity contribution in [3.63, 3.8) is 0 Å². The van der Waals surface area contributed by atoms with E-state index in [1.807, 2.05) is 4.57 Å². The molecule has 1 aliphatic rings. The minimum Gasteiger partial charge on any atom is -0.481 e. The first-order chi connectivity index (χ1) is 7.29. The number of hydrogen-bond donors (Lipinski definition) is 1. The van der Waals surface area contributed by atoms with Crippen LogP contribution in [0.2, 0.25) is 0 Å². The molecule has 82 valence electrons. The number of aliphatic carboxylic acids is 1. The summed E-state index contributed by atoms with van der Waals surface area (Å²) < 4.78 is 1.84. The van der Waals surface area contributed by atoms with E-state index in [4.69, 9.17) is 0 Å². The Bertz CT molecular complexity index is 323. The van der Waals surface area contributed by atoms with Crippen LogP contribution >= 0.6 is 0 Å². The van der Waals surface area contributed by atoms with Crippen molar-refractivity contribution in [1.29, 1.82) is 0 Å². The van der Waals surface area contributed by atoms with Gasteiger partial charge >= 0.3 is 5.97 Å². The van der Waals surface area contributed by atoms with Crippen molar-refractivity contribution in [3.8, 4) is 0 Å². The third-order valence-electron chi connectivity index (χ3n) is 3.12. The Morgan fingerprint density at radius 1 is 1.20 bits per heavy atom. The Hall–Kier alpha value is -1.39. The van der Waals surface area contributed by atoms with Crippen LogP contribution in [-0.4, -0.2) is 25.8 Å². The molecule has 1 aliphatic carbocycles. The molecular formula is C10H15N3O2. The Labute approximate surface area is 88.1 Å². The summed E-state index contributed by atoms with van der Waals surface area (Å²) in [6, 6.07) is 0.0278. The zero-order valence-electron chi connectivity index (χ0n) is 8.54. The highest BCUT2D eigenvalue weighted by Crippen LogP contribution is 2.32. The summed E-state index contributed by atoms with van der Waals surface area (Å²) in [5.41, 5.74) is 0. The first-order valence-electron chi connectivity index (χ1n) is 5.36. The summed E-state index contributed by atoms with van der Waals surface area (Å²) in [6.45, 7) is 0. The Morgan fingerprint density at radius 2 is 1.87 bits per heavy atom. The van der Waals surface area contributed by atoms with Gasteiger partial charge in [0.05, 0.1) is 5.92 Å². The second-order valence-electron chi connectivity index (χ2n) is 4.06. The number of hydrogen-bond acceptors (Lipinski definition) is 3. The zero-order valence-corrected chi connectivity index (χ0v) is 8.54. The molecule has 1 aromatic rings. The van der Waals surface area contributed by atoms with E-state index in [0.717, 1.165) is 32.1 Å². The van der Waals surface area contributed by atoms with Gasteiger partial charge in [0.25, 0.3) is 0 Å². The fourth-order valence-corrected chi connectivity index (χ4v) is 2.31. The van der Waals surface area contributed by atoms with Crippen molar-refractivity contribution in [3.05, 3.63) is 12.7 Å². The molecule has 2 unspecified atom stereocenters. The van der Waals surface area contributed by atoms with Crippen LogP contribution < -0.4 is 0 Å². The summed E-state index contributed by atoms with van der Waals surface area (Å²) in [4.78, 5) is 11.2. The van der Waals surface area contributed by atoms with Crippen LogP contribution in [0.1, 0.15) is 38.1 Å². The van der Waals surface area contributed by atoms with Gasteiger partial charge in [-0.3, -0.25) is 4.79 Å². The fourth-order valence-electron chi connectivity index (χ4n) is 2.31. The van der Waals surface area contributed by atoms with Crippen molar-refractivity contribution in [1.82, 2.24) is 14.8 Å². The first kappa shape index (κ1) is 10.1. The number of nitrogens with zero attached hydrogens (tertiary/aromatic N) is 3. The second-order valence-corrected chi connectivity index (χ2v) is 4.06. The standard InChI is InChI=1S/C10H15N3O2/c14-10(15)8-4-2-1-3-5-9(8)13-6-11-12-7-13/h6-9H,1-5H2,(H,14,15). The van der Waals surface area contributed by atoms with Crippen molar-refractivity contribution >= 4 is 5.97 Å². The lowest BCUT2D eigenvalue weighted by atomic mass is 9.95. The Kier molecular flexibility index (Phi) is 2.99. The average molecular weight is 209 g/mol. The second kappa shape index (κ2) is 4.42. The molecule has 1 heterocycles. The van der Waals surface area contributed by atoms with Crippen molar-refractivity contribution in [2.24, 2.45) is 5.92 Å². The molecule has 0 bridgehead atoms. The lowest BCUT2D eigenvalue weighted by Crippen LogP contribution is -2.24. The molecule has 15 heavy (non-hydrogen) atoms. The van der Waals surface area contributed by atoms with Gasteiger partial charge in [0.15, 0.2) is 0 Å². The number of carboxylic acids is 1. The monoisotopic (exact) mass is 209 g/mol. The first-order valence-corrected chi connectivity index (χ1v) is 5.36.